The lowest BCUT2D eigenvalue weighted by atomic mass is 9.84. The van der Waals surface area contributed by atoms with E-state index < -0.39 is 11.6 Å². The van der Waals surface area contributed by atoms with Crippen LogP contribution >= 0.6 is 11.8 Å². The molecule has 1 fully saturated rings. The molecule has 1 atom stereocenters. The van der Waals surface area contributed by atoms with Crippen LogP contribution in [-0.4, -0.2) is 60.6 Å². The van der Waals surface area contributed by atoms with E-state index in [2.05, 4.69) is 36.8 Å². The summed E-state index contributed by atoms with van der Waals surface area (Å²) in [4.78, 5) is 19.3. The number of hydrogen-bond acceptors (Lipinski definition) is 6. The van der Waals surface area contributed by atoms with Crippen LogP contribution in [0.1, 0.15) is 43.7 Å². The van der Waals surface area contributed by atoms with Gasteiger partial charge in [-0.2, -0.15) is 0 Å². The number of piperazine rings is 1. The van der Waals surface area contributed by atoms with Crippen LogP contribution in [0.2, 0.25) is 0 Å². The van der Waals surface area contributed by atoms with Gasteiger partial charge in [-0.3, -0.25) is 0 Å². The summed E-state index contributed by atoms with van der Waals surface area (Å²) in [5, 5.41) is 11.1. The molecule has 0 saturated carbocycles. The predicted octanol–water partition coefficient (Wildman–Crippen LogP) is 5.15. The number of esters is 1. The molecular formula is C27H34N2O3S. The second-order valence-electron chi connectivity index (χ2n) is 9.39. The largest absolute Gasteiger partial charge is 0.511 e. The fourth-order valence-electron chi connectivity index (χ4n) is 4.59. The normalized spacial score (nSPS) is 22.6. The molecule has 2 aromatic carbocycles. The maximum absolute atomic E-state index is 13.3. The van der Waals surface area contributed by atoms with Crippen molar-refractivity contribution in [2.24, 2.45) is 0 Å². The molecule has 0 aromatic heterocycles. The second-order valence-corrected chi connectivity index (χ2v) is 10.4. The number of aliphatic hydroxyl groups excluding tert-OH is 1. The molecule has 6 heteroatoms. The van der Waals surface area contributed by atoms with E-state index in [0.29, 0.717) is 23.7 Å². The van der Waals surface area contributed by atoms with Crippen molar-refractivity contribution in [3.05, 3.63) is 76.4 Å². The van der Waals surface area contributed by atoms with Gasteiger partial charge in [0.1, 0.15) is 16.3 Å². The van der Waals surface area contributed by atoms with Crippen molar-refractivity contribution in [3.63, 3.8) is 0 Å². The summed E-state index contributed by atoms with van der Waals surface area (Å²) in [6.07, 6.45) is 0.944. The first-order valence-electron chi connectivity index (χ1n) is 11.8. The highest BCUT2D eigenvalue weighted by Crippen LogP contribution is 2.45. The Morgan fingerprint density at radius 2 is 1.70 bits per heavy atom. The molecule has 1 N–H and O–H groups in total. The van der Waals surface area contributed by atoms with Crippen LogP contribution < -0.4 is 0 Å². The molecule has 176 valence electrons. The number of ether oxygens (including phenoxy) is 1. The third-order valence-electron chi connectivity index (χ3n) is 6.67. The predicted molar refractivity (Wildman–Crippen MR) is 133 cm³/mol. The van der Waals surface area contributed by atoms with E-state index in [1.165, 1.54) is 11.8 Å². The minimum absolute atomic E-state index is 0.122. The standard InChI is InChI=1S/C27H34N2O3S/c1-20(2)22-11-7-8-12-24(22)33-25-23(30)19-27(32-26(25)31,21-9-5-4-6-10-21)13-14-29-17-15-28(3)16-18-29/h4-12,20,30H,13-19H2,1-3H3. The van der Waals surface area contributed by atoms with E-state index in [9.17, 15) is 9.90 Å². The topological polar surface area (TPSA) is 53.0 Å². The first-order chi connectivity index (χ1) is 15.9. The maximum atomic E-state index is 13.3. The first-order valence-corrected chi connectivity index (χ1v) is 12.6. The molecule has 0 amide bonds. The van der Waals surface area contributed by atoms with Gasteiger partial charge in [0.05, 0.1) is 6.42 Å². The lowest BCUT2D eigenvalue weighted by molar-refractivity contribution is -0.160. The number of thioether (sulfide) groups is 1. The monoisotopic (exact) mass is 466 g/mol. The van der Waals surface area contributed by atoms with Crippen molar-refractivity contribution in [1.29, 1.82) is 0 Å². The number of nitrogens with zero attached hydrogens (tertiary/aromatic N) is 2. The van der Waals surface area contributed by atoms with Crippen LogP contribution in [0.5, 0.6) is 0 Å². The molecule has 2 heterocycles. The van der Waals surface area contributed by atoms with E-state index >= 15 is 0 Å². The first kappa shape index (κ1) is 23.9. The lowest BCUT2D eigenvalue weighted by Gasteiger charge is -2.40. The molecule has 0 aliphatic carbocycles. The Kier molecular flexibility index (Phi) is 7.47. The molecule has 5 nitrogen and oxygen atoms in total. The molecule has 0 spiro atoms. The van der Waals surface area contributed by atoms with Crippen molar-refractivity contribution in [1.82, 2.24) is 9.80 Å². The van der Waals surface area contributed by atoms with Gasteiger partial charge in [-0.1, -0.05) is 74.1 Å². The molecule has 0 bridgehead atoms. The van der Waals surface area contributed by atoms with E-state index in [-0.39, 0.29) is 5.76 Å². The Morgan fingerprint density at radius 1 is 1.03 bits per heavy atom. The maximum Gasteiger partial charge on any atom is 0.349 e. The van der Waals surface area contributed by atoms with Gasteiger partial charge in [-0.05, 0) is 30.2 Å². The number of likely N-dealkylation sites (N-methyl/N-ethyl adjacent to an activating group) is 1. The van der Waals surface area contributed by atoms with Gasteiger partial charge < -0.3 is 19.6 Å². The number of carbonyl (C=O) groups is 1. The van der Waals surface area contributed by atoms with Crippen molar-refractivity contribution in [2.75, 3.05) is 39.8 Å². The summed E-state index contributed by atoms with van der Waals surface area (Å²) in [7, 11) is 2.14. The third-order valence-corrected chi connectivity index (χ3v) is 7.87. The van der Waals surface area contributed by atoms with Crippen molar-refractivity contribution < 1.29 is 14.6 Å². The molecule has 4 rings (SSSR count). The number of cyclic esters (lactones) is 1. The fourth-order valence-corrected chi connectivity index (χ4v) is 5.69. The van der Waals surface area contributed by atoms with Gasteiger partial charge in [0, 0.05) is 44.0 Å². The number of rotatable bonds is 7. The van der Waals surface area contributed by atoms with E-state index in [1.54, 1.807) is 0 Å². The summed E-state index contributed by atoms with van der Waals surface area (Å²) >= 11 is 1.32. The minimum atomic E-state index is -0.854. The van der Waals surface area contributed by atoms with Crippen molar-refractivity contribution in [3.8, 4) is 0 Å². The Labute approximate surface area is 201 Å². The minimum Gasteiger partial charge on any atom is -0.511 e. The Balaban J connectivity index is 1.59. The molecule has 2 aliphatic rings. The average Bonchev–Trinajstić information content (AvgIpc) is 2.82. The summed E-state index contributed by atoms with van der Waals surface area (Å²) in [6.45, 7) is 9.17. The summed E-state index contributed by atoms with van der Waals surface area (Å²) in [5.41, 5.74) is 1.24. The molecule has 1 unspecified atom stereocenters. The van der Waals surface area contributed by atoms with Crippen LogP contribution in [0.3, 0.4) is 0 Å². The Morgan fingerprint density at radius 3 is 2.36 bits per heavy atom. The quantitative estimate of drug-likeness (QED) is 0.570. The lowest BCUT2D eigenvalue weighted by Crippen LogP contribution is -2.47. The van der Waals surface area contributed by atoms with Gasteiger partial charge in [0.2, 0.25) is 0 Å². The van der Waals surface area contributed by atoms with E-state index in [4.69, 9.17) is 4.74 Å². The van der Waals surface area contributed by atoms with E-state index in [1.807, 2.05) is 48.5 Å². The smallest absolute Gasteiger partial charge is 0.349 e. The Hall–Kier alpha value is -2.28. The molecule has 33 heavy (non-hydrogen) atoms. The third kappa shape index (κ3) is 5.45. The van der Waals surface area contributed by atoms with Crippen LogP contribution in [0, 0.1) is 0 Å². The van der Waals surface area contributed by atoms with Gasteiger partial charge in [-0.25, -0.2) is 4.79 Å². The SMILES string of the molecule is CC(C)c1ccccc1SC1=C(O)CC(CCN2CCN(C)CC2)(c2ccccc2)OC1=O. The van der Waals surface area contributed by atoms with Gasteiger partial charge >= 0.3 is 5.97 Å². The molecule has 2 aliphatic heterocycles. The zero-order valence-corrected chi connectivity index (χ0v) is 20.6. The number of aliphatic hydroxyl groups is 1. The molecule has 0 radical (unpaired) electrons. The van der Waals surface area contributed by atoms with Crippen LogP contribution in [0.15, 0.2) is 70.2 Å². The number of benzene rings is 2. The molecule has 2 aromatic rings. The van der Waals surface area contributed by atoms with Crippen molar-refractivity contribution >= 4 is 17.7 Å². The highest BCUT2D eigenvalue weighted by Gasteiger charge is 2.44. The van der Waals surface area contributed by atoms with Gasteiger partial charge in [0.15, 0.2) is 0 Å². The van der Waals surface area contributed by atoms with E-state index in [0.717, 1.165) is 48.7 Å². The zero-order chi connectivity index (χ0) is 23.4. The Bertz CT molecular complexity index is 999. The molecular weight excluding hydrogens is 432 g/mol. The average molecular weight is 467 g/mol. The summed E-state index contributed by atoms with van der Waals surface area (Å²) < 4.78 is 6.21. The van der Waals surface area contributed by atoms with Crippen molar-refractivity contribution in [2.45, 2.75) is 43.1 Å². The van der Waals surface area contributed by atoms with Gasteiger partial charge in [0.25, 0.3) is 0 Å². The zero-order valence-electron chi connectivity index (χ0n) is 19.8. The highest BCUT2D eigenvalue weighted by atomic mass is 32.2. The van der Waals surface area contributed by atoms with Crippen LogP contribution in [0.25, 0.3) is 0 Å². The molecule has 1 saturated heterocycles. The van der Waals surface area contributed by atoms with Crippen LogP contribution in [-0.2, 0) is 15.1 Å². The highest BCUT2D eigenvalue weighted by molar-refractivity contribution is 8.04. The van der Waals surface area contributed by atoms with Gasteiger partial charge in [-0.15, -0.1) is 0 Å². The summed E-state index contributed by atoms with van der Waals surface area (Å²) in [6, 6.07) is 17.9. The fraction of sp³-hybridized carbons (Fsp3) is 0.444. The number of carbonyl (C=O) groups excluding carboxylic acids is 1. The van der Waals surface area contributed by atoms with Crippen LogP contribution in [0.4, 0.5) is 0 Å². The second kappa shape index (κ2) is 10.3. The number of hydrogen-bond donors (Lipinski definition) is 1. The summed E-state index contributed by atoms with van der Waals surface area (Å²) in [5.74, 6) is 0.00429.